The second-order valence-corrected chi connectivity index (χ2v) is 4.26. The van der Waals surface area contributed by atoms with Crippen LogP contribution >= 0.6 is 0 Å². The van der Waals surface area contributed by atoms with Crippen LogP contribution in [0.2, 0.25) is 0 Å². The molecule has 1 unspecified atom stereocenters. The second-order valence-electron chi connectivity index (χ2n) is 3.56. The van der Waals surface area contributed by atoms with E-state index >= 15 is 0 Å². The average molecular weight is 248 g/mol. The molecule has 0 saturated carbocycles. The van der Waals surface area contributed by atoms with Gasteiger partial charge in [-0.2, -0.15) is 0 Å². The number of anilines is 2. The highest BCUT2D eigenvalue weighted by molar-refractivity contribution is 7.80. The maximum Gasteiger partial charge on any atom is 0.259 e. The van der Waals surface area contributed by atoms with Gasteiger partial charge >= 0.3 is 0 Å². The minimum Gasteiger partial charge on any atom is -0.399 e. The van der Waals surface area contributed by atoms with Crippen LogP contribution in [0, 0.1) is 0 Å². The van der Waals surface area contributed by atoms with Crippen molar-refractivity contribution < 1.29 is 8.76 Å². The van der Waals surface area contributed by atoms with Gasteiger partial charge in [-0.05, 0) is 35.4 Å². The summed E-state index contributed by atoms with van der Waals surface area (Å²) in [5, 5.41) is 0. The van der Waals surface area contributed by atoms with Crippen molar-refractivity contribution in [2.45, 2.75) is 0 Å². The standard InChI is InChI=1S/C12H12N2O2S/c13-11-5-1-3-9(7-11)10-4-2-6-12(8-10)14-17(15)16/h1-8,14H,13H2,(H,15,16). The van der Waals surface area contributed by atoms with Gasteiger partial charge in [-0.1, -0.05) is 24.3 Å². The van der Waals surface area contributed by atoms with Gasteiger partial charge in [0, 0.05) is 11.4 Å². The highest BCUT2D eigenvalue weighted by Crippen LogP contribution is 2.24. The Labute approximate surface area is 102 Å². The number of hydrogen-bond acceptors (Lipinski definition) is 2. The summed E-state index contributed by atoms with van der Waals surface area (Å²) in [5.41, 5.74) is 8.89. The molecule has 88 valence electrons. The Balaban J connectivity index is 2.36. The predicted molar refractivity (Wildman–Crippen MR) is 70.7 cm³/mol. The molecule has 0 aliphatic rings. The first-order valence-corrected chi connectivity index (χ1v) is 6.09. The van der Waals surface area contributed by atoms with E-state index in [2.05, 4.69) is 4.72 Å². The Morgan fingerprint density at radius 1 is 1.06 bits per heavy atom. The zero-order valence-corrected chi connectivity index (χ0v) is 9.78. The van der Waals surface area contributed by atoms with E-state index in [1.165, 1.54) is 0 Å². The number of rotatable bonds is 3. The smallest absolute Gasteiger partial charge is 0.259 e. The number of nitrogens with two attached hydrogens (primary N) is 1. The lowest BCUT2D eigenvalue weighted by molar-refractivity contribution is 0.570. The Bertz CT molecular complexity index is 558. The molecule has 2 rings (SSSR count). The van der Waals surface area contributed by atoms with E-state index in [1.54, 1.807) is 12.1 Å². The van der Waals surface area contributed by atoms with Crippen molar-refractivity contribution in [2.75, 3.05) is 10.5 Å². The van der Waals surface area contributed by atoms with Gasteiger partial charge in [0.25, 0.3) is 11.3 Å². The summed E-state index contributed by atoms with van der Waals surface area (Å²) in [7, 11) is 0. The minimum absolute atomic E-state index is 0.589. The van der Waals surface area contributed by atoms with Crippen molar-refractivity contribution >= 4 is 22.6 Å². The van der Waals surface area contributed by atoms with E-state index in [9.17, 15) is 4.21 Å². The monoisotopic (exact) mass is 248 g/mol. The molecule has 2 aromatic carbocycles. The summed E-state index contributed by atoms with van der Waals surface area (Å²) in [6, 6.07) is 14.7. The van der Waals surface area contributed by atoms with Crippen LogP contribution in [0.5, 0.6) is 0 Å². The SMILES string of the molecule is Nc1cccc(-c2cccc(NS(=O)O)c2)c1. The van der Waals surface area contributed by atoms with Gasteiger partial charge in [-0.15, -0.1) is 0 Å². The fourth-order valence-corrected chi connectivity index (χ4v) is 1.91. The zero-order valence-electron chi connectivity index (χ0n) is 8.96. The number of nitrogen functional groups attached to an aromatic ring is 1. The van der Waals surface area contributed by atoms with Crippen LogP contribution in [0.1, 0.15) is 0 Å². The van der Waals surface area contributed by atoms with Gasteiger partial charge in [0.05, 0.1) is 0 Å². The minimum atomic E-state index is -2.06. The molecular weight excluding hydrogens is 236 g/mol. The first-order chi connectivity index (χ1) is 8.15. The summed E-state index contributed by atoms with van der Waals surface area (Å²) in [6.07, 6.45) is 0. The fraction of sp³-hybridized carbons (Fsp3) is 0. The summed E-state index contributed by atoms with van der Waals surface area (Å²) < 4.78 is 21.8. The lowest BCUT2D eigenvalue weighted by Gasteiger charge is -2.06. The van der Waals surface area contributed by atoms with Gasteiger partial charge in [0.15, 0.2) is 0 Å². The third-order valence-electron chi connectivity index (χ3n) is 2.29. The van der Waals surface area contributed by atoms with Crippen LogP contribution in [-0.2, 0) is 11.3 Å². The summed E-state index contributed by atoms with van der Waals surface area (Å²) in [4.78, 5) is 0. The summed E-state index contributed by atoms with van der Waals surface area (Å²) >= 11 is -2.06. The number of nitrogens with one attached hydrogen (secondary N) is 1. The molecule has 4 N–H and O–H groups in total. The van der Waals surface area contributed by atoms with Crippen molar-refractivity contribution in [3.8, 4) is 11.1 Å². The molecule has 0 spiro atoms. The highest BCUT2D eigenvalue weighted by atomic mass is 32.2. The van der Waals surface area contributed by atoms with E-state index in [4.69, 9.17) is 10.3 Å². The molecule has 0 amide bonds. The molecule has 17 heavy (non-hydrogen) atoms. The lowest BCUT2D eigenvalue weighted by atomic mass is 10.0. The quantitative estimate of drug-likeness (QED) is 0.577. The third kappa shape index (κ3) is 3.05. The molecule has 0 heterocycles. The molecule has 5 heteroatoms. The van der Waals surface area contributed by atoms with Crippen LogP contribution < -0.4 is 10.5 Å². The molecular formula is C12H12N2O2S. The van der Waals surface area contributed by atoms with Gasteiger partial charge in [-0.25, -0.2) is 4.21 Å². The van der Waals surface area contributed by atoms with Crippen molar-refractivity contribution in [1.82, 2.24) is 0 Å². The Morgan fingerprint density at radius 3 is 2.35 bits per heavy atom. The third-order valence-corrected chi connectivity index (χ3v) is 2.70. The van der Waals surface area contributed by atoms with Gasteiger partial charge in [0.1, 0.15) is 0 Å². The average Bonchev–Trinajstić information content (AvgIpc) is 2.28. The van der Waals surface area contributed by atoms with Gasteiger partial charge in [-0.3, -0.25) is 9.27 Å². The topological polar surface area (TPSA) is 75.3 Å². The maximum atomic E-state index is 10.7. The molecule has 0 aliphatic heterocycles. The summed E-state index contributed by atoms with van der Waals surface area (Å²) in [6.45, 7) is 0. The molecule has 0 saturated heterocycles. The van der Waals surface area contributed by atoms with Crippen molar-refractivity contribution in [3.63, 3.8) is 0 Å². The van der Waals surface area contributed by atoms with E-state index in [1.807, 2.05) is 36.4 Å². The largest absolute Gasteiger partial charge is 0.399 e. The first-order valence-electron chi connectivity index (χ1n) is 4.98. The molecule has 1 atom stereocenters. The molecule has 0 radical (unpaired) electrons. The number of benzene rings is 2. The van der Waals surface area contributed by atoms with Gasteiger partial charge in [0.2, 0.25) is 0 Å². The maximum absolute atomic E-state index is 10.7. The van der Waals surface area contributed by atoms with Crippen LogP contribution in [0.3, 0.4) is 0 Å². The Kier molecular flexibility index (Phi) is 3.41. The molecule has 0 bridgehead atoms. The highest BCUT2D eigenvalue weighted by Gasteiger charge is 2.01. The van der Waals surface area contributed by atoms with Gasteiger partial charge < -0.3 is 5.73 Å². The van der Waals surface area contributed by atoms with Crippen LogP contribution in [0.4, 0.5) is 11.4 Å². The Hall–Kier alpha value is -1.85. The van der Waals surface area contributed by atoms with E-state index in [-0.39, 0.29) is 0 Å². The summed E-state index contributed by atoms with van der Waals surface area (Å²) in [5.74, 6) is 0. The predicted octanol–water partition coefficient (Wildman–Crippen LogP) is 2.48. The first kappa shape index (κ1) is 11.6. The van der Waals surface area contributed by atoms with Crippen LogP contribution in [0.25, 0.3) is 11.1 Å². The van der Waals surface area contributed by atoms with E-state index in [0.717, 1.165) is 11.1 Å². The second kappa shape index (κ2) is 4.99. The fourth-order valence-electron chi connectivity index (χ4n) is 1.58. The van der Waals surface area contributed by atoms with E-state index in [0.29, 0.717) is 11.4 Å². The van der Waals surface area contributed by atoms with Crippen LogP contribution in [-0.4, -0.2) is 8.76 Å². The zero-order chi connectivity index (χ0) is 12.3. The normalized spacial score (nSPS) is 12.1. The number of hydrogen-bond donors (Lipinski definition) is 3. The van der Waals surface area contributed by atoms with Crippen molar-refractivity contribution in [2.24, 2.45) is 0 Å². The van der Waals surface area contributed by atoms with Crippen molar-refractivity contribution in [3.05, 3.63) is 48.5 Å². The Morgan fingerprint density at radius 2 is 1.71 bits per heavy atom. The van der Waals surface area contributed by atoms with Crippen molar-refractivity contribution in [1.29, 1.82) is 0 Å². The molecule has 4 nitrogen and oxygen atoms in total. The molecule has 0 aromatic heterocycles. The molecule has 0 aliphatic carbocycles. The van der Waals surface area contributed by atoms with E-state index < -0.39 is 11.3 Å². The molecule has 0 fully saturated rings. The molecule has 2 aromatic rings. The van der Waals surface area contributed by atoms with Crippen LogP contribution in [0.15, 0.2) is 48.5 Å². The lowest BCUT2D eigenvalue weighted by Crippen LogP contribution is -2.01.